The third-order valence-electron chi connectivity index (χ3n) is 4.07. The second-order valence-electron chi connectivity index (χ2n) is 7.14. The molecule has 2 atom stereocenters. The lowest BCUT2D eigenvalue weighted by Crippen LogP contribution is -2.32. The number of carbonyl (C=O) groups excluding carboxylic acids is 1. The third-order valence-corrected chi connectivity index (χ3v) is 4.07. The molecule has 0 bridgehead atoms. The third kappa shape index (κ3) is 3.73. The standard InChI is InChI=1S/C21H23NO2/c1-21(2,3)24-20(23)19-17(15-10-6-4-7-11-15)14-18(22-19)16-12-8-5-9-13-16/h4-13,17,19H,14H2,1-3H3/t17-,19+/m1/s1. The molecular formula is C21H23NO2. The number of hydrogen-bond acceptors (Lipinski definition) is 3. The van der Waals surface area contributed by atoms with Crippen molar-refractivity contribution in [2.24, 2.45) is 4.99 Å². The van der Waals surface area contributed by atoms with Gasteiger partial charge in [-0.2, -0.15) is 0 Å². The summed E-state index contributed by atoms with van der Waals surface area (Å²) in [4.78, 5) is 17.4. The highest BCUT2D eigenvalue weighted by Crippen LogP contribution is 2.34. The molecule has 0 aromatic heterocycles. The SMILES string of the molecule is CC(C)(C)OC(=O)[C@H]1N=C(c2ccccc2)C[C@@H]1c1ccccc1. The number of aliphatic imine (C=N–C) groups is 1. The Morgan fingerprint density at radius 1 is 1.00 bits per heavy atom. The number of rotatable bonds is 3. The van der Waals surface area contributed by atoms with E-state index in [0.717, 1.165) is 23.3 Å². The van der Waals surface area contributed by atoms with Gasteiger partial charge in [0.15, 0.2) is 6.04 Å². The lowest BCUT2D eigenvalue weighted by atomic mass is 9.89. The molecule has 3 nitrogen and oxygen atoms in total. The molecule has 3 rings (SSSR count). The maximum absolute atomic E-state index is 12.7. The van der Waals surface area contributed by atoms with E-state index >= 15 is 0 Å². The molecule has 2 aromatic carbocycles. The van der Waals surface area contributed by atoms with Gasteiger partial charge in [-0.3, -0.25) is 4.99 Å². The number of hydrogen-bond donors (Lipinski definition) is 0. The van der Waals surface area contributed by atoms with Gasteiger partial charge < -0.3 is 4.74 Å². The number of esters is 1. The van der Waals surface area contributed by atoms with Gasteiger partial charge in [0.1, 0.15) is 5.60 Å². The lowest BCUT2D eigenvalue weighted by molar-refractivity contribution is -0.156. The van der Waals surface area contributed by atoms with E-state index in [1.807, 2.05) is 69.3 Å². The zero-order valence-corrected chi connectivity index (χ0v) is 14.4. The van der Waals surface area contributed by atoms with Crippen molar-refractivity contribution in [3.8, 4) is 0 Å². The molecule has 0 amide bonds. The van der Waals surface area contributed by atoms with Crippen LogP contribution in [0.1, 0.15) is 44.2 Å². The molecule has 2 aromatic rings. The van der Waals surface area contributed by atoms with E-state index < -0.39 is 11.6 Å². The number of ether oxygens (including phenoxy) is 1. The van der Waals surface area contributed by atoms with Crippen molar-refractivity contribution in [2.45, 2.75) is 44.8 Å². The quantitative estimate of drug-likeness (QED) is 0.787. The Morgan fingerprint density at radius 3 is 2.17 bits per heavy atom. The number of carbonyl (C=O) groups is 1. The summed E-state index contributed by atoms with van der Waals surface area (Å²) in [6, 6.07) is 19.7. The van der Waals surface area contributed by atoms with E-state index in [1.54, 1.807) is 0 Å². The molecule has 0 unspecified atom stereocenters. The van der Waals surface area contributed by atoms with E-state index in [9.17, 15) is 4.79 Å². The van der Waals surface area contributed by atoms with E-state index in [0.29, 0.717) is 0 Å². The van der Waals surface area contributed by atoms with Crippen LogP contribution in [0.5, 0.6) is 0 Å². The molecule has 1 aliphatic heterocycles. The average Bonchev–Trinajstić information content (AvgIpc) is 3.00. The average molecular weight is 321 g/mol. The van der Waals surface area contributed by atoms with Gasteiger partial charge >= 0.3 is 5.97 Å². The van der Waals surface area contributed by atoms with Crippen molar-refractivity contribution in [1.29, 1.82) is 0 Å². The maximum Gasteiger partial charge on any atom is 0.332 e. The van der Waals surface area contributed by atoms with Crippen molar-refractivity contribution in [3.05, 3.63) is 71.8 Å². The van der Waals surface area contributed by atoms with Gasteiger partial charge in [0, 0.05) is 11.6 Å². The molecule has 124 valence electrons. The Bertz CT molecular complexity index is 729. The topological polar surface area (TPSA) is 38.7 Å². The Labute approximate surface area is 143 Å². The van der Waals surface area contributed by atoms with Gasteiger partial charge in [0.25, 0.3) is 0 Å². The summed E-state index contributed by atoms with van der Waals surface area (Å²) in [7, 11) is 0. The molecule has 0 spiro atoms. The molecule has 0 radical (unpaired) electrons. The van der Waals surface area contributed by atoms with Crippen LogP contribution < -0.4 is 0 Å². The van der Waals surface area contributed by atoms with Crippen molar-refractivity contribution in [1.82, 2.24) is 0 Å². The van der Waals surface area contributed by atoms with Crippen molar-refractivity contribution in [3.63, 3.8) is 0 Å². The molecular weight excluding hydrogens is 298 g/mol. The van der Waals surface area contributed by atoms with Gasteiger partial charge in [0.05, 0.1) is 0 Å². The fourth-order valence-electron chi connectivity index (χ4n) is 3.03. The lowest BCUT2D eigenvalue weighted by Gasteiger charge is -2.24. The van der Waals surface area contributed by atoms with Crippen molar-refractivity contribution < 1.29 is 9.53 Å². The van der Waals surface area contributed by atoms with Crippen molar-refractivity contribution in [2.75, 3.05) is 0 Å². The largest absolute Gasteiger partial charge is 0.458 e. The van der Waals surface area contributed by atoms with Crippen molar-refractivity contribution >= 4 is 11.7 Å². The summed E-state index contributed by atoms with van der Waals surface area (Å²) in [6.07, 6.45) is 0.748. The van der Waals surface area contributed by atoms with Crippen LogP contribution in [0, 0.1) is 0 Å². The van der Waals surface area contributed by atoms with Gasteiger partial charge in [0.2, 0.25) is 0 Å². The molecule has 0 saturated carbocycles. The number of nitrogens with zero attached hydrogens (tertiary/aromatic N) is 1. The fraction of sp³-hybridized carbons (Fsp3) is 0.333. The normalized spacial score (nSPS) is 20.5. The molecule has 1 aliphatic rings. The summed E-state index contributed by atoms with van der Waals surface area (Å²) in [6.45, 7) is 5.66. The minimum Gasteiger partial charge on any atom is -0.458 e. The first-order valence-electron chi connectivity index (χ1n) is 8.34. The van der Waals surface area contributed by atoms with E-state index in [1.165, 1.54) is 0 Å². The second kappa shape index (κ2) is 6.60. The Kier molecular flexibility index (Phi) is 4.52. The smallest absolute Gasteiger partial charge is 0.332 e. The number of benzene rings is 2. The van der Waals surface area contributed by atoms with Gasteiger partial charge in [-0.1, -0.05) is 60.7 Å². The second-order valence-corrected chi connectivity index (χ2v) is 7.14. The highest BCUT2D eigenvalue weighted by atomic mass is 16.6. The van der Waals surface area contributed by atoms with Crippen LogP contribution in [-0.4, -0.2) is 23.3 Å². The Balaban J connectivity index is 1.93. The van der Waals surface area contributed by atoms with Crippen LogP contribution in [0.4, 0.5) is 0 Å². The zero-order valence-electron chi connectivity index (χ0n) is 14.4. The monoisotopic (exact) mass is 321 g/mol. The highest BCUT2D eigenvalue weighted by Gasteiger charge is 2.38. The minimum absolute atomic E-state index is 0.0243. The first kappa shape index (κ1) is 16.4. The molecule has 0 aliphatic carbocycles. The maximum atomic E-state index is 12.7. The fourth-order valence-corrected chi connectivity index (χ4v) is 3.03. The van der Waals surface area contributed by atoms with Crippen LogP contribution >= 0.6 is 0 Å². The first-order chi connectivity index (χ1) is 11.4. The van der Waals surface area contributed by atoms with Crippen LogP contribution in [0.2, 0.25) is 0 Å². The van der Waals surface area contributed by atoms with Crippen LogP contribution in [0.25, 0.3) is 0 Å². The summed E-state index contributed by atoms with van der Waals surface area (Å²) in [5.41, 5.74) is 2.66. The van der Waals surface area contributed by atoms with Crippen LogP contribution in [0.15, 0.2) is 65.7 Å². The summed E-state index contributed by atoms with van der Waals surface area (Å²) < 4.78 is 5.61. The molecule has 3 heteroatoms. The van der Waals surface area contributed by atoms with E-state index in [2.05, 4.69) is 12.1 Å². The minimum atomic E-state index is -0.511. The Morgan fingerprint density at radius 2 is 1.58 bits per heavy atom. The predicted octanol–water partition coefficient (Wildman–Crippen LogP) is 4.37. The molecule has 1 heterocycles. The summed E-state index contributed by atoms with van der Waals surface area (Å²) in [5, 5.41) is 0. The van der Waals surface area contributed by atoms with E-state index in [4.69, 9.17) is 9.73 Å². The summed E-state index contributed by atoms with van der Waals surface area (Å²) in [5.74, 6) is -0.224. The molecule has 24 heavy (non-hydrogen) atoms. The van der Waals surface area contributed by atoms with Gasteiger partial charge in [-0.15, -0.1) is 0 Å². The zero-order chi connectivity index (χ0) is 17.2. The highest BCUT2D eigenvalue weighted by molar-refractivity contribution is 6.04. The molecule has 0 fully saturated rings. The van der Waals surface area contributed by atoms with Gasteiger partial charge in [-0.05, 0) is 38.3 Å². The summed E-state index contributed by atoms with van der Waals surface area (Å²) >= 11 is 0. The first-order valence-corrected chi connectivity index (χ1v) is 8.34. The molecule has 0 saturated heterocycles. The van der Waals surface area contributed by atoms with Gasteiger partial charge in [-0.25, -0.2) is 4.79 Å². The van der Waals surface area contributed by atoms with E-state index in [-0.39, 0.29) is 11.9 Å². The molecule has 0 N–H and O–H groups in total. The van der Waals surface area contributed by atoms with Crippen LogP contribution in [-0.2, 0) is 9.53 Å². The predicted molar refractivity (Wildman–Crippen MR) is 96.4 cm³/mol. The van der Waals surface area contributed by atoms with Crippen LogP contribution in [0.3, 0.4) is 0 Å². The Hall–Kier alpha value is -2.42.